The molecule has 3 nitrogen and oxygen atoms in total. The first-order valence-electron chi connectivity index (χ1n) is 3.67. The third-order valence-electron chi connectivity index (χ3n) is 1.71. The summed E-state index contributed by atoms with van der Waals surface area (Å²) in [5.41, 5.74) is 1.55. The fourth-order valence-electron chi connectivity index (χ4n) is 0.942. The number of halogens is 1. The second kappa shape index (κ2) is 4.21. The van der Waals surface area contributed by atoms with Crippen LogP contribution in [0.25, 0.3) is 0 Å². The lowest BCUT2D eigenvalue weighted by atomic mass is 10.1. The van der Waals surface area contributed by atoms with Crippen molar-refractivity contribution < 1.29 is 9.90 Å². The number of benzene rings is 1. The van der Waals surface area contributed by atoms with Gasteiger partial charge < -0.3 is 5.11 Å². The van der Waals surface area contributed by atoms with E-state index in [1.165, 1.54) is 6.08 Å². The van der Waals surface area contributed by atoms with Crippen LogP contribution >= 0.6 is 15.9 Å². The van der Waals surface area contributed by atoms with Gasteiger partial charge in [-0.1, -0.05) is 12.1 Å². The maximum absolute atomic E-state index is 9.87. The summed E-state index contributed by atoms with van der Waals surface area (Å²) >= 11 is 3.22. The summed E-state index contributed by atoms with van der Waals surface area (Å²) in [5, 5.41) is 9.50. The topological polar surface area (TPSA) is 49.7 Å². The molecule has 0 saturated carbocycles. The van der Waals surface area contributed by atoms with Gasteiger partial charge in [-0.15, -0.1) is 0 Å². The summed E-state index contributed by atoms with van der Waals surface area (Å²) in [4.78, 5) is 13.3. The van der Waals surface area contributed by atoms with Crippen molar-refractivity contribution in [2.24, 2.45) is 4.99 Å². The fraction of sp³-hybridized carbons (Fsp3) is 0.222. The van der Waals surface area contributed by atoms with Gasteiger partial charge in [-0.05, 0) is 34.0 Å². The SMILES string of the molecule is Cc1ccc(CN=C=O)c(Br)c1O. The Bertz CT molecular complexity index is 370. The molecule has 0 atom stereocenters. The average Bonchev–Trinajstić information content (AvgIpc) is 2.13. The Hall–Kier alpha value is -1.12. The summed E-state index contributed by atoms with van der Waals surface area (Å²) in [6.45, 7) is 2.03. The molecule has 1 rings (SSSR count). The van der Waals surface area contributed by atoms with Gasteiger partial charge in [0.05, 0.1) is 11.0 Å². The molecule has 0 bridgehead atoms. The standard InChI is InChI=1S/C9H8BrNO2/c1-6-2-3-7(4-11-5-12)8(10)9(6)13/h2-3,13H,4H2,1H3. The van der Waals surface area contributed by atoms with E-state index in [-0.39, 0.29) is 12.3 Å². The zero-order chi connectivity index (χ0) is 9.84. The minimum absolute atomic E-state index is 0.193. The monoisotopic (exact) mass is 241 g/mol. The number of aliphatic imine (C=N–C) groups is 1. The average molecular weight is 242 g/mol. The van der Waals surface area contributed by atoms with E-state index in [0.717, 1.165) is 11.1 Å². The number of hydrogen-bond acceptors (Lipinski definition) is 3. The number of aromatic hydroxyl groups is 1. The van der Waals surface area contributed by atoms with Gasteiger partial charge in [0.1, 0.15) is 5.75 Å². The molecule has 0 aliphatic heterocycles. The molecule has 13 heavy (non-hydrogen) atoms. The molecule has 0 aliphatic rings. The van der Waals surface area contributed by atoms with Gasteiger partial charge in [-0.3, -0.25) is 0 Å². The predicted octanol–water partition coefficient (Wildman–Crippen LogP) is 2.30. The van der Waals surface area contributed by atoms with Crippen molar-refractivity contribution in [2.45, 2.75) is 13.5 Å². The summed E-state index contributed by atoms with van der Waals surface area (Å²) in [6, 6.07) is 3.58. The number of aryl methyl sites for hydroxylation is 1. The Morgan fingerprint density at radius 1 is 1.62 bits per heavy atom. The van der Waals surface area contributed by atoms with Crippen molar-refractivity contribution in [3.63, 3.8) is 0 Å². The van der Waals surface area contributed by atoms with E-state index in [1.54, 1.807) is 19.1 Å². The zero-order valence-electron chi connectivity index (χ0n) is 7.04. The van der Waals surface area contributed by atoms with Gasteiger partial charge in [0, 0.05) is 0 Å². The zero-order valence-corrected chi connectivity index (χ0v) is 8.63. The molecule has 68 valence electrons. The summed E-state index contributed by atoms with van der Waals surface area (Å²) in [7, 11) is 0. The molecule has 0 saturated heterocycles. The van der Waals surface area contributed by atoms with Crippen LogP contribution in [0.1, 0.15) is 11.1 Å². The van der Waals surface area contributed by atoms with Crippen LogP contribution in [0.15, 0.2) is 21.6 Å². The molecule has 1 aromatic rings. The van der Waals surface area contributed by atoms with Crippen LogP contribution in [0.2, 0.25) is 0 Å². The van der Waals surface area contributed by atoms with E-state index in [2.05, 4.69) is 20.9 Å². The van der Waals surface area contributed by atoms with E-state index >= 15 is 0 Å². The number of rotatable bonds is 2. The van der Waals surface area contributed by atoms with Crippen molar-refractivity contribution in [1.29, 1.82) is 0 Å². The maximum Gasteiger partial charge on any atom is 0.235 e. The van der Waals surface area contributed by atoms with Crippen LogP contribution in [0.3, 0.4) is 0 Å². The quantitative estimate of drug-likeness (QED) is 0.638. The molecule has 0 radical (unpaired) electrons. The van der Waals surface area contributed by atoms with Gasteiger partial charge >= 0.3 is 0 Å². The number of phenols is 1. The Labute approximate surface area is 84.2 Å². The van der Waals surface area contributed by atoms with Crippen molar-refractivity contribution in [2.75, 3.05) is 0 Å². The summed E-state index contributed by atoms with van der Waals surface area (Å²) in [6.07, 6.45) is 1.45. The van der Waals surface area contributed by atoms with Crippen LogP contribution in [-0.2, 0) is 11.3 Å². The highest BCUT2D eigenvalue weighted by Gasteiger charge is 2.06. The number of isocyanates is 1. The minimum atomic E-state index is 0.193. The van der Waals surface area contributed by atoms with E-state index in [1.807, 2.05) is 0 Å². The summed E-state index contributed by atoms with van der Waals surface area (Å²) < 4.78 is 0.589. The predicted molar refractivity (Wildman–Crippen MR) is 52.4 cm³/mol. The van der Waals surface area contributed by atoms with Crippen molar-refractivity contribution in [3.8, 4) is 5.75 Å². The molecular formula is C9H8BrNO2. The highest BCUT2D eigenvalue weighted by molar-refractivity contribution is 9.10. The Balaban J connectivity index is 3.10. The Morgan fingerprint density at radius 3 is 2.92 bits per heavy atom. The van der Waals surface area contributed by atoms with Crippen LogP contribution in [0.4, 0.5) is 0 Å². The maximum atomic E-state index is 9.87. The number of hydrogen-bond donors (Lipinski definition) is 1. The number of phenolic OH excluding ortho intramolecular Hbond substituents is 1. The molecule has 0 aromatic heterocycles. The molecular weight excluding hydrogens is 234 g/mol. The van der Waals surface area contributed by atoms with Crippen LogP contribution in [0, 0.1) is 6.92 Å². The van der Waals surface area contributed by atoms with E-state index in [4.69, 9.17) is 0 Å². The van der Waals surface area contributed by atoms with E-state index in [9.17, 15) is 9.90 Å². The highest BCUT2D eigenvalue weighted by atomic mass is 79.9. The minimum Gasteiger partial charge on any atom is -0.506 e. The van der Waals surface area contributed by atoms with Crippen LogP contribution in [0.5, 0.6) is 5.75 Å². The molecule has 1 N–H and O–H groups in total. The van der Waals surface area contributed by atoms with E-state index < -0.39 is 0 Å². The first-order valence-corrected chi connectivity index (χ1v) is 4.46. The van der Waals surface area contributed by atoms with Gasteiger partial charge in [-0.25, -0.2) is 9.79 Å². The van der Waals surface area contributed by atoms with E-state index in [0.29, 0.717) is 4.47 Å². The van der Waals surface area contributed by atoms with Crippen LogP contribution in [-0.4, -0.2) is 11.2 Å². The Kier molecular flexibility index (Phi) is 3.23. The molecule has 0 heterocycles. The molecule has 0 amide bonds. The van der Waals surface area contributed by atoms with Gasteiger partial charge in [-0.2, -0.15) is 0 Å². The molecule has 0 fully saturated rings. The van der Waals surface area contributed by atoms with Gasteiger partial charge in [0.2, 0.25) is 6.08 Å². The van der Waals surface area contributed by atoms with Crippen molar-refractivity contribution >= 4 is 22.0 Å². The lowest BCUT2D eigenvalue weighted by Gasteiger charge is -2.05. The molecule has 1 aromatic carbocycles. The first-order chi connectivity index (χ1) is 6.16. The number of nitrogens with zero attached hydrogens (tertiary/aromatic N) is 1. The molecule has 0 unspecified atom stereocenters. The van der Waals surface area contributed by atoms with Crippen molar-refractivity contribution in [1.82, 2.24) is 0 Å². The first kappa shape index (κ1) is 9.96. The normalized spacial score (nSPS) is 9.38. The molecule has 4 heteroatoms. The largest absolute Gasteiger partial charge is 0.506 e. The Morgan fingerprint density at radius 2 is 2.31 bits per heavy atom. The smallest absolute Gasteiger partial charge is 0.235 e. The van der Waals surface area contributed by atoms with Crippen molar-refractivity contribution in [3.05, 3.63) is 27.7 Å². The second-order valence-electron chi connectivity index (χ2n) is 2.61. The lowest BCUT2D eigenvalue weighted by Crippen LogP contribution is -1.86. The fourth-order valence-corrected chi connectivity index (χ4v) is 1.51. The third-order valence-corrected chi connectivity index (χ3v) is 2.60. The molecule has 0 aliphatic carbocycles. The number of carbonyl (C=O) groups excluding carboxylic acids is 1. The van der Waals surface area contributed by atoms with Crippen LogP contribution < -0.4 is 0 Å². The lowest BCUT2D eigenvalue weighted by molar-refractivity contribution is 0.466. The third kappa shape index (κ3) is 2.17. The molecule has 0 spiro atoms. The highest BCUT2D eigenvalue weighted by Crippen LogP contribution is 2.31. The van der Waals surface area contributed by atoms with Gasteiger partial charge in [0.15, 0.2) is 0 Å². The van der Waals surface area contributed by atoms with Gasteiger partial charge in [0.25, 0.3) is 0 Å². The second-order valence-corrected chi connectivity index (χ2v) is 3.40. The summed E-state index contributed by atoms with van der Waals surface area (Å²) in [5.74, 6) is 0.193.